The molecule has 12 heteroatoms. The van der Waals surface area contributed by atoms with Crippen LogP contribution in [0.1, 0.15) is 34.4 Å². The summed E-state index contributed by atoms with van der Waals surface area (Å²) in [5.41, 5.74) is 2.81. The molecule has 0 radical (unpaired) electrons. The molecule has 6 atom stereocenters. The molecule has 3 heterocycles. The minimum absolute atomic E-state index is 0.0174. The minimum atomic E-state index is -0.797. The van der Waals surface area contributed by atoms with Crippen molar-refractivity contribution in [3.8, 4) is 0 Å². The van der Waals surface area contributed by atoms with Gasteiger partial charge >= 0.3 is 17.9 Å². The van der Waals surface area contributed by atoms with Crippen molar-refractivity contribution in [3.05, 3.63) is 105 Å². The molecule has 3 aliphatic heterocycles. The normalized spacial score (nSPS) is 25.4. The maximum absolute atomic E-state index is 12.7. The number of hydrogen-bond donors (Lipinski definition) is 6. The van der Waals surface area contributed by atoms with Crippen molar-refractivity contribution in [1.29, 1.82) is 0 Å². The van der Waals surface area contributed by atoms with E-state index in [0.717, 1.165) is 16.7 Å². The lowest BCUT2D eigenvalue weighted by Gasteiger charge is -2.16. The van der Waals surface area contributed by atoms with Gasteiger partial charge in [-0.05, 0) is 47.0 Å². The van der Waals surface area contributed by atoms with Gasteiger partial charge in [0.2, 0.25) is 0 Å². The SMILES string of the molecule is O=C(O)[C@@H]1CNC[C@H]1c1ccc(F)cc1.O=C(O)[C@@H]1CNC[C@H]1c1cccc(Cl)c1.O=C(O)[C@@H]1CNC[C@H]1c1ccccc1Cl. The lowest BCUT2D eigenvalue weighted by Crippen LogP contribution is -2.21. The second kappa shape index (κ2) is 16.1. The van der Waals surface area contributed by atoms with Gasteiger partial charge in [-0.15, -0.1) is 0 Å². The number of hydrogen-bond acceptors (Lipinski definition) is 6. The Morgan fingerprint density at radius 2 is 1.09 bits per heavy atom. The third-order valence-electron chi connectivity index (χ3n) is 8.47. The molecule has 0 aliphatic carbocycles. The van der Waals surface area contributed by atoms with E-state index in [1.807, 2.05) is 36.4 Å². The van der Waals surface area contributed by atoms with Crippen molar-refractivity contribution in [3.63, 3.8) is 0 Å². The lowest BCUT2D eigenvalue weighted by atomic mass is 9.89. The molecule has 3 aromatic rings. The maximum atomic E-state index is 12.7. The number of carboxylic acids is 3. The third-order valence-corrected chi connectivity index (χ3v) is 9.05. The van der Waals surface area contributed by atoms with E-state index in [1.165, 1.54) is 12.1 Å². The van der Waals surface area contributed by atoms with Crippen LogP contribution in [0.2, 0.25) is 10.0 Å². The fourth-order valence-electron chi connectivity index (χ4n) is 6.06. The van der Waals surface area contributed by atoms with Gasteiger partial charge in [0.1, 0.15) is 5.82 Å². The smallest absolute Gasteiger partial charge is 0.308 e. The summed E-state index contributed by atoms with van der Waals surface area (Å²) in [5, 5.41) is 37.6. The Kier molecular flexibility index (Phi) is 12.3. The van der Waals surface area contributed by atoms with E-state index in [0.29, 0.717) is 49.3 Å². The van der Waals surface area contributed by atoms with Crippen molar-refractivity contribution >= 4 is 41.1 Å². The van der Waals surface area contributed by atoms with E-state index in [4.69, 9.17) is 38.5 Å². The van der Waals surface area contributed by atoms with Crippen molar-refractivity contribution < 1.29 is 34.1 Å². The Morgan fingerprint density at radius 1 is 0.600 bits per heavy atom. The first-order valence-corrected chi connectivity index (χ1v) is 15.4. The molecule has 0 bridgehead atoms. The van der Waals surface area contributed by atoms with Gasteiger partial charge in [0.25, 0.3) is 0 Å². The first-order valence-electron chi connectivity index (χ1n) is 14.6. The Hall–Kier alpha value is -3.54. The maximum Gasteiger partial charge on any atom is 0.308 e. The Labute approximate surface area is 270 Å². The second-order valence-corrected chi connectivity index (χ2v) is 12.1. The molecule has 0 saturated carbocycles. The van der Waals surface area contributed by atoms with Crippen molar-refractivity contribution in [2.45, 2.75) is 17.8 Å². The first-order chi connectivity index (χ1) is 21.6. The third kappa shape index (κ3) is 9.02. The highest BCUT2D eigenvalue weighted by atomic mass is 35.5. The summed E-state index contributed by atoms with van der Waals surface area (Å²) in [7, 11) is 0. The van der Waals surface area contributed by atoms with E-state index in [2.05, 4.69) is 16.0 Å². The molecular formula is C33H36Cl2FN3O6. The number of nitrogens with one attached hydrogen (secondary N) is 3. The summed E-state index contributed by atoms with van der Waals surface area (Å²) in [5.74, 6) is -3.76. The Balaban J connectivity index is 0.000000154. The molecule has 0 unspecified atom stereocenters. The van der Waals surface area contributed by atoms with Gasteiger partial charge in [0.15, 0.2) is 0 Å². The summed E-state index contributed by atoms with van der Waals surface area (Å²) in [6.45, 7) is 3.57. The van der Waals surface area contributed by atoms with Gasteiger partial charge in [-0.3, -0.25) is 14.4 Å². The van der Waals surface area contributed by atoms with Gasteiger partial charge in [-0.25, -0.2) is 4.39 Å². The average molecular weight is 661 g/mol. The number of rotatable bonds is 6. The summed E-state index contributed by atoms with van der Waals surface area (Å²) in [4.78, 5) is 32.9. The van der Waals surface area contributed by atoms with Crippen molar-refractivity contribution in [1.82, 2.24) is 16.0 Å². The molecule has 3 aromatic carbocycles. The van der Waals surface area contributed by atoms with Crippen LogP contribution in [0.3, 0.4) is 0 Å². The standard InChI is InChI=1S/2C11H12ClNO2.C11H12FNO2/c12-8-3-1-2-7(4-8)9-5-13-6-10(9)11(14)15;12-10-4-2-1-3-7(10)8-5-13-6-9(8)11(14)15;12-8-3-1-7(2-4-8)9-5-13-6-10(9)11(14)15/h1-4,9-10,13H,5-6H2,(H,14,15);1-4,8-9,13H,5-6H2,(H,14,15);1-4,9-10,13H,5-6H2,(H,14,15)/t9-,10+;8-,9+;9-,10+/m000/s1. The lowest BCUT2D eigenvalue weighted by molar-refractivity contribution is -0.142. The van der Waals surface area contributed by atoms with E-state index >= 15 is 0 Å². The van der Waals surface area contributed by atoms with E-state index in [-0.39, 0.29) is 35.4 Å². The highest BCUT2D eigenvalue weighted by molar-refractivity contribution is 6.31. The molecular weight excluding hydrogens is 624 g/mol. The number of halogens is 3. The highest BCUT2D eigenvalue weighted by Crippen LogP contribution is 2.33. The second-order valence-electron chi connectivity index (χ2n) is 11.3. The van der Waals surface area contributed by atoms with Crippen LogP contribution in [0.5, 0.6) is 0 Å². The number of aliphatic carboxylic acids is 3. The quantitative estimate of drug-likeness (QED) is 0.222. The Morgan fingerprint density at radius 3 is 1.60 bits per heavy atom. The molecule has 3 aliphatic rings. The molecule has 0 aromatic heterocycles. The van der Waals surface area contributed by atoms with Crippen molar-refractivity contribution in [2.75, 3.05) is 39.3 Å². The van der Waals surface area contributed by atoms with E-state index in [1.54, 1.807) is 24.3 Å². The molecule has 240 valence electrons. The molecule has 6 N–H and O–H groups in total. The van der Waals surface area contributed by atoms with Gasteiger partial charge in [-0.1, -0.05) is 65.7 Å². The van der Waals surface area contributed by atoms with Gasteiger partial charge in [0, 0.05) is 67.1 Å². The molecule has 9 nitrogen and oxygen atoms in total. The van der Waals surface area contributed by atoms with Crippen LogP contribution in [-0.2, 0) is 14.4 Å². The van der Waals surface area contributed by atoms with E-state index < -0.39 is 23.8 Å². The van der Waals surface area contributed by atoms with Crippen LogP contribution in [0.15, 0.2) is 72.8 Å². The largest absolute Gasteiger partial charge is 0.481 e. The van der Waals surface area contributed by atoms with Crippen LogP contribution >= 0.6 is 23.2 Å². The van der Waals surface area contributed by atoms with Crippen LogP contribution < -0.4 is 16.0 Å². The summed E-state index contributed by atoms with van der Waals surface area (Å²) >= 11 is 11.9. The molecule has 3 saturated heterocycles. The molecule has 3 fully saturated rings. The number of carboxylic acid groups (broad SMARTS) is 3. The van der Waals surface area contributed by atoms with Gasteiger partial charge in [0.05, 0.1) is 17.8 Å². The highest BCUT2D eigenvalue weighted by Gasteiger charge is 2.36. The molecule has 45 heavy (non-hydrogen) atoms. The predicted molar refractivity (Wildman–Crippen MR) is 170 cm³/mol. The van der Waals surface area contributed by atoms with Crippen LogP contribution in [0.25, 0.3) is 0 Å². The summed E-state index contributed by atoms with van der Waals surface area (Å²) in [6, 6.07) is 20.9. The Bertz CT molecular complexity index is 1480. The van der Waals surface area contributed by atoms with E-state index in [9.17, 15) is 18.8 Å². The monoisotopic (exact) mass is 659 g/mol. The predicted octanol–water partition coefficient (Wildman–Crippen LogP) is 4.67. The minimum Gasteiger partial charge on any atom is -0.481 e. The van der Waals surface area contributed by atoms with Crippen LogP contribution in [0, 0.1) is 23.6 Å². The zero-order valence-electron chi connectivity index (χ0n) is 24.3. The van der Waals surface area contributed by atoms with Gasteiger partial charge in [-0.2, -0.15) is 0 Å². The first kappa shape index (κ1) is 34.3. The topological polar surface area (TPSA) is 148 Å². The molecule has 0 spiro atoms. The van der Waals surface area contributed by atoms with Crippen LogP contribution in [-0.4, -0.2) is 72.5 Å². The zero-order valence-corrected chi connectivity index (χ0v) is 25.8. The number of benzene rings is 3. The number of carbonyl (C=O) groups is 3. The fourth-order valence-corrected chi connectivity index (χ4v) is 6.54. The molecule has 0 amide bonds. The van der Waals surface area contributed by atoms with Crippen molar-refractivity contribution in [2.24, 2.45) is 17.8 Å². The summed E-state index contributed by atoms with van der Waals surface area (Å²) < 4.78 is 12.7. The summed E-state index contributed by atoms with van der Waals surface area (Å²) in [6.07, 6.45) is 0. The zero-order chi connectivity index (χ0) is 32.5. The molecule has 6 rings (SSSR count). The van der Waals surface area contributed by atoms with Gasteiger partial charge < -0.3 is 31.3 Å². The average Bonchev–Trinajstić information content (AvgIpc) is 3.80. The van der Waals surface area contributed by atoms with Crippen LogP contribution in [0.4, 0.5) is 4.39 Å². The fraction of sp³-hybridized carbons (Fsp3) is 0.364.